The summed E-state index contributed by atoms with van der Waals surface area (Å²) in [4.78, 5) is 4.56. The number of hydrogen-bond donors (Lipinski definition) is 2. The number of rotatable bonds is 7. The Kier molecular flexibility index (Phi) is 6.16. The highest BCUT2D eigenvalue weighted by molar-refractivity contribution is 7.96. The van der Waals surface area contributed by atoms with Crippen molar-refractivity contribution >= 4 is 23.5 Å². The summed E-state index contributed by atoms with van der Waals surface area (Å²) in [6.07, 6.45) is 8.38. The highest BCUT2D eigenvalue weighted by atomic mass is 32.2. The molecule has 3 aromatic heterocycles. The first-order valence-corrected chi connectivity index (χ1v) is 11.5. The summed E-state index contributed by atoms with van der Waals surface area (Å²) in [5.74, 6) is 1.12. The van der Waals surface area contributed by atoms with E-state index in [-0.39, 0.29) is 12.0 Å². The minimum absolute atomic E-state index is 0.0897. The highest BCUT2D eigenvalue weighted by Crippen LogP contribution is 2.33. The fraction of sp³-hybridized carbons (Fsp3) is 0.550. The SMILES string of the molecule is CCOC(C)n1cc(-c2ccn3nc(NC4CCN(SC)CC4C)nc3c2O)cn1. The van der Waals surface area contributed by atoms with Crippen molar-refractivity contribution in [3.8, 4) is 16.9 Å². The molecular formula is C20H29N7O2S. The molecule has 3 unspecified atom stereocenters. The average Bonchev–Trinajstić information content (AvgIpc) is 3.37. The molecular weight excluding hydrogens is 402 g/mol. The van der Waals surface area contributed by atoms with Crippen molar-refractivity contribution < 1.29 is 9.84 Å². The van der Waals surface area contributed by atoms with Crippen molar-refractivity contribution in [2.75, 3.05) is 31.3 Å². The lowest BCUT2D eigenvalue weighted by Crippen LogP contribution is -2.42. The molecule has 2 N–H and O–H groups in total. The summed E-state index contributed by atoms with van der Waals surface area (Å²) in [6, 6.07) is 2.14. The van der Waals surface area contributed by atoms with Crippen molar-refractivity contribution in [1.29, 1.82) is 0 Å². The number of ether oxygens (including phenoxy) is 1. The second-order valence-electron chi connectivity index (χ2n) is 7.63. The molecule has 1 aliphatic rings. The third-order valence-corrected chi connectivity index (χ3v) is 6.46. The molecule has 1 fully saturated rings. The van der Waals surface area contributed by atoms with Crippen LogP contribution in [0.3, 0.4) is 0 Å². The van der Waals surface area contributed by atoms with Gasteiger partial charge in [0.15, 0.2) is 11.4 Å². The van der Waals surface area contributed by atoms with Crippen LogP contribution >= 0.6 is 11.9 Å². The van der Waals surface area contributed by atoms with Crippen LogP contribution in [0.4, 0.5) is 5.95 Å². The van der Waals surface area contributed by atoms with Crippen molar-refractivity contribution in [3.05, 3.63) is 24.7 Å². The van der Waals surface area contributed by atoms with Gasteiger partial charge in [-0.15, -0.1) is 5.10 Å². The second kappa shape index (κ2) is 8.83. The van der Waals surface area contributed by atoms with Crippen LogP contribution in [0.5, 0.6) is 5.75 Å². The third-order valence-electron chi connectivity index (χ3n) is 5.61. The molecule has 3 aromatic rings. The molecule has 0 saturated carbocycles. The summed E-state index contributed by atoms with van der Waals surface area (Å²) in [7, 11) is 0. The quantitative estimate of drug-likeness (QED) is 0.551. The number of nitrogens with one attached hydrogen (secondary N) is 1. The Hall–Kier alpha value is -2.30. The molecule has 0 radical (unpaired) electrons. The van der Waals surface area contributed by atoms with Gasteiger partial charge in [-0.2, -0.15) is 10.1 Å². The van der Waals surface area contributed by atoms with Crippen molar-refractivity contribution in [1.82, 2.24) is 28.7 Å². The van der Waals surface area contributed by atoms with Crippen LogP contribution in [-0.2, 0) is 4.74 Å². The van der Waals surface area contributed by atoms with Crippen molar-refractivity contribution in [2.45, 2.75) is 39.5 Å². The molecule has 4 rings (SSSR count). The molecule has 0 aromatic carbocycles. The molecule has 0 bridgehead atoms. The van der Waals surface area contributed by atoms with Crippen LogP contribution in [0.2, 0.25) is 0 Å². The van der Waals surface area contributed by atoms with Gasteiger partial charge in [-0.25, -0.2) is 9.20 Å². The summed E-state index contributed by atoms with van der Waals surface area (Å²) in [5.41, 5.74) is 1.89. The smallest absolute Gasteiger partial charge is 0.243 e. The van der Waals surface area contributed by atoms with E-state index in [0.717, 1.165) is 25.1 Å². The topological polar surface area (TPSA) is 92.7 Å². The minimum atomic E-state index is -0.168. The molecule has 0 aliphatic carbocycles. The van der Waals surface area contributed by atoms with Gasteiger partial charge in [-0.1, -0.05) is 18.9 Å². The van der Waals surface area contributed by atoms with Gasteiger partial charge < -0.3 is 15.2 Å². The van der Waals surface area contributed by atoms with E-state index in [1.54, 1.807) is 27.3 Å². The van der Waals surface area contributed by atoms with E-state index in [4.69, 9.17) is 4.74 Å². The molecule has 10 heteroatoms. The fourth-order valence-corrected chi connectivity index (χ4v) is 4.55. The first-order chi connectivity index (χ1) is 14.5. The number of aromatic nitrogens is 5. The van der Waals surface area contributed by atoms with Crippen LogP contribution < -0.4 is 5.32 Å². The van der Waals surface area contributed by atoms with Gasteiger partial charge in [0, 0.05) is 49.3 Å². The Balaban J connectivity index is 1.55. The minimum Gasteiger partial charge on any atom is -0.504 e. The number of pyridine rings is 1. The summed E-state index contributed by atoms with van der Waals surface area (Å²) >= 11 is 1.79. The Morgan fingerprint density at radius 2 is 2.27 bits per heavy atom. The van der Waals surface area contributed by atoms with E-state index >= 15 is 0 Å². The monoisotopic (exact) mass is 431 g/mol. The first-order valence-electron chi connectivity index (χ1n) is 10.3. The van der Waals surface area contributed by atoms with Gasteiger partial charge in [0.2, 0.25) is 5.95 Å². The Morgan fingerprint density at radius 3 is 3.00 bits per heavy atom. The van der Waals surface area contributed by atoms with Crippen LogP contribution in [0, 0.1) is 5.92 Å². The lowest BCUT2D eigenvalue weighted by atomic mass is 9.95. The zero-order chi connectivity index (χ0) is 21.3. The zero-order valence-electron chi connectivity index (χ0n) is 17.8. The maximum atomic E-state index is 10.9. The van der Waals surface area contributed by atoms with Gasteiger partial charge in [0.1, 0.15) is 6.23 Å². The average molecular weight is 432 g/mol. The first kappa shape index (κ1) is 21.0. The number of anilines is 1. The molecule has 0 amide bonds. The molecule has 9 nitrogen and oxygen atoms in total. The standard InChI is InChI=1S/C20H29N7O2S/c1-5-29-14(3)27-12-15(10-21-27)16-6-9-26-19(18(16)28)23-20(24-26)22-17-7-8-25(30-4)11-13(17)2/h6,9-10,12-14,17,28H,5,7-8,11H2,1-4H3,(H,22,24). The Morgan fingerprint density at radius 1 is 1.43 bits per heavy atom. The number of nitrogens with zero attached hydrogens (tertiary/aromatic N) is 6. The van der Waals surface area contributed by atoms with Gasteiger partial charge in [-0.3, -0.25) is 4.31 Å². The highest BCUT2D eigenvalue weighted by Gasteiger charge is 2.27. The second-order valence-corrected chi connectivity index (χ2v) is 8.51. The molecule has 1 aliphatic heterocycles. The predicted octanol–water partition coefficient (Wildman–Crippen LogP) is 3.25. The fourth-order valence-electron chi connectivity index (χ4n) is 3.87. The van der Waals surface area contributed by atoms with Gasteiger partial charge in [0.25, 0.3) is 0 Å². The molecule has 0 spiro atoms. The molecule has 1 saturated heterocycles. The van der Waals surface area contributed by atoms with E-state index in [2.05, 4.69) is 38.0 Å². The number of fused-ring (bicyclic) bond motifs is 1. The van der Waals surface area contributed by atoms with E-state index in [9.17, 15) is 5.11 Å². The lowest BCUT2D eigenvalue weighted by molar-refractivity contribution is 0.0160. The number of piperidine rings is 1. The molecule has 3 atom stereocenters. The van der Waals surface area contributed by atoms with Crippen LogP contribution in [0.15, 0.2) is 24.7 Å². The molecule has 162 valence electrons. The third kappa shape index (κ3) is 4.12. The maximum Gasteiger partial charge on any atom is 0.243 e. The number of hydrogen-bond acceptors (Lipinski definition) is 8. The number of aromatic hydroxyl groups is 1. The van der Waals surface area contributed by atoms with Gasteiger partial charge in [0.05, 0.1) is 6.20 Å². The van der Waals surface area contributed by atoms with Crippen molar-refractivity contribution in [3.63, 3.8) is 0 Å². The normalized spacial score (nSPS) is 21.2. The zero-order valence-corrected chi connectivity index (χ0v) is 18.6. The van der Waals surface area contributed by atoms with Crippen LogP contribution in [0.1, 0.15) is 33.4 Å². The van der Waals surface area contributed by atoms with Gasteiger partial charge >= 0.3 is 0 Å². The maximum absolute atomic E-state index is 10.9. The van der Waals surface area contributed by atoms with E-state index in [1.165, 1.54) is 0 Å². The van der Waals surface area contributed by atoms with E-state index in [1.807, 2.05) is 32.3 Å². The summed E-state index contributed by atoms with van der Waals surface area (Å²) < 4.78 is 11.3. The predicted molar refractivity (Wildman–Crippen MR) is 118 cm³/mol. The van der Waals surface area contributed by atoms with Crippen molar-refractivity contribution in [2.24, 2.45) is 5.92 Å². The molecule has 4 heterocycles. The summed E-state index contributed by atoms with van der Waals surface area (Å²) in [5, 5.41) is 23.2. The Labute approximate surface area is 180 Å². The lowest BCUT2D eigenvalue weighted by Gasteiger charge is -2.35. The Bertz CT molecular complexity index is 1000. The van der Waals surface area contributed by atoms with Crippen LogP contribution in [0.25, 0.3) is 16.8 Å². The van der Waals surface area contributed by atoms with Crippen LogP contribution in [-0.4, -0.2) is 65.8 Å². The molecule has 30 heavy (non-hydrogen) atoms. The largest absolute Gasteiger partial charge is 0.504 e. The summed E-state index contributed by atoms with van der Waals surface area (Å²) in [6.45, 7) is 8.81. The van der Waals surface area contributed by atoms with E-state index in [0.29, 0.717) is 35.7 Å². The van der Waals surface area contributed by atoms with E-state index < -0.39 is 0 Å². The van der Waals surface area contributed by atoms with Gasteiger partial charge in [-0.05, 0) is 38.5 Å².